The number of ether oxygens (including phenoxy) is 2. The van der Waals surface area contributed by atoms with Gasteiger partial charge >= 0.3 is 0 Å². The molecule has 0 aliphatic carbocycles. The van der Waals surface area contributed by atoms with Crippen LogP contribution >= 0.6 is 0 Å². The SMILES string of the molecule is CC(=O)c1cc2cc(Oc3ncc(F)cc3OCC(F)F)ccn2n1. The molecule has 0 spiro atoms. The Balaban J connectivity index is 1.88. The van der Waals surface area contributed by atoms with Gasteiger partial charge in [-0.25, -0.2) is 22.7 Å². The Labute approximate surface area is 139 Å². The third kappa shape index (κ3) is 3.87. The van der Waals surface area contributed by atoms with Gasteiger partial charge in [0.05, 0.1) is 11.7 Å². The molecule has 9 heteroatoms. The minimum absolute atomic E-state index is 0.155. The van der Waals surface area contributed by atoms with E-state index >= 15 is 0 Å². The van der Waals surface area contributed by atoms with Gasteiger partial charge in [-0.2, -0.15) is 5.10 Å². The van der Waals surface area contributed by atoms with Crippen molar-refractivity contribution in [2.75, 3.05) is 6.61 Å². The average Bonchev–Trinajstić information content (AvgIpc) is 2.98. The molecular weight excluding hydrogens is 339 g/mol. The number of carbonyl (C=O) groups is 1. The lowest BCUT2D eigenvalue weighted by Crippen LogP contribution is -2.08. The Kier molecular flexibility index (Phi) is 4.55. The molecule has 0 N–H and O–H groups in total. The Bertz CT molecular complexity index is 927. The molecule has 3 aromatic rings. The predicted molar refractivity (Wildman–Crippen MR) is 81.0 cm³/mol. The number of halogens is 3. The van der Waals surface area contributed by atoms with Gasteiger partial charge in [-0.3, -0.25) is 4.79 Å². The van der Waals surface area contributed by atoms with Crippen LogP contribution in [0, 0.1) is 5.82 Å². The molecule has 0 aliphatic rings. The summed E-state index contributed by atoms with van der Waals surface area (Å²) in [6.45, 7) is 0.485. The Morgan fingerprint density at radius 2 is 2.12 bits per heavy atom. The highest BCUT2D eigenvalue weighted by Gasteiger charge is 2.14. The van der Waals surface area contributed by atoms with Gasteiger partial charge in [0.1, 0.15) is 23.9 Å². The van der Waals surface area contributed by atoms with E-state index in [1.54, 1.807) is 18.3 Å². The molecule has 0 unspecified atom stereocenters. The molecule has 25 heavy (non-hydrogen) atoms. The molecular formula is C16H12F3N3O3. The lowest BCUT2D eigenvalue weighted by atomic mass is 10.3. The van der Waals surface area contributed by atoms with Crippen molar-refractivity contribution in [3.8, 4) is 17.4 Å². The van der Waals surface area contributed by atoms with Crippen LogP contribution in [0.15, 0.2) is 36.7 Å². The third-order valence-electron chi connectivity index (χ3n) is 3.16. The molecule has 0 saturated heterocycles. The lowest BCUT2D eigenvalue weighted by molar-refractivity contribution is 0.0802. The Hall–Kier alpha value is -3.10. The summed E-state index contributed by atoms with van der Waals surface area (Å²) >= 11 is 0. The molecule has 6 nitrogen and oxygen atoms in total. The molecule has 130 valence electrons. The zero-order valence-electron chi connectivity index (χ0n) is 12.9. The van der Waals surface area contributed by atoms with Gasteiger partial charge in [-0.1, -0.05) is 0 Å². The smallest absolute Gasteiger partial charge is 0.272 e. The second kappa shape index (κ2) is 6.80. The van der Waals surface area contributed by atoms with E-state index in [0.29, 0.717) is 11.3 Å². The zero-order chi connectivity index (χ0) is 18.0. The van der Waals surface area contributed by atoms with Crippen molar-refractivity contribution in [1.29, 1.82) is 0 Å². The number of carbonyl (C=O) groups excluding carboxylic acids is 1. The minimum atomic E-state index is -2.72. The predicted octanol–water partition coefficient (Wildman–Crippen LogP) is 3.51. The highest BCUT2D eigenvalue weighted by Crippen LogP contribution is 2.30. The number of aromatic nitrogens is 3. The van der Waals surface area contributed by atoms with E-state index in [4.69, 9.17) is 9.47 Å². The summed E-state index contributed by atoms with van der Waals surface area (Å²) in [5.41, 5.74) is 0.873. The van der Waals surface area contributed by atoms with Gasteiger partial charge in [0.25, 0.3) is 12.3 Å². The van der Waals surface area contributed by atoms with Crippen LogP contribution in [0.3, 0.4) is 0 Å². The van der Waals surface area contributed by atoms with Crippen molar-refractivity contribution >= 4 is 11.3 Å². The van der Waals surface area contributed by atoms with Crippen LogP contribution in [0.2, 0.25) is 0 Å². The standard InChI is InChI=1S/C16H12F3N3O3/c1-9(23)13-6-11-5-12(2-3-22(11)21-13)25-16-14(24-8-15(18)19)4-10(17)7-20-16/h2-7,15H,8H2,1H3. The summed E-state index contributed by atoms with van der Waals surface area (Å²) in [5, 5.41) is 4.08. The maximum Gasteiger partial charge on any atom is 0.272 e. The number of fused-ring (bicyclic) bond motifs is 1. The van der Waals surface area contributed by atoms with Crippen LogP contribution < -0.4 is 9.47 Å². The Morgan fingerprint density at radius 1 is 1.32 bits per heavy atom. The number of pyridine rings is 2. The van der Waals surface area contributed by atoms with Crippen molar-refractivity contribution in [1.82, 2.24) is 14.6 Å². The van der Waals surface area contributed by atoms with Crippen molar-refractivity contribution in [2.24, 2.45) is 0 Å². The molecule has 3 aromatic heterocycles. The van der Waals surface area contributed by atoms with Gasteiger partial charge in [-0.05, 0) is 12.1 Å². The van der Waals surface area contributed by atoms with Crippen molar-refractivity contribution < 1.29 is 27.4 Å². The number of hydrogen-bond acceptors (Lipinski definition) is 5. The van der Waals surface area contributed by atoms with E-state index in [1.807, 2.05) is 0 Å². The van der Waals surface area contributed by atoms with Crippen molar-refractivity contribution in [3.63, 3.8) is 0 Å². The van der Waals surface area contributed by atoms with E-state index < -0.39 is 18.8 Å². The van der Waals surface area contributed by atoms with Crippen LogP contribution in [-0.2, 0) is 0 Å². The molecule has 0 atom stereocenters. The van der Waals surface area contributed by atoms with Gasteiger partial charge in [0.2, 0.25) is 0 Å². The van der Waals surface area contributed by atoms with Gasteiger partial charge in [0.15, 0.2) is 11.5 Å². The highest BCUT2D eigenvalue weighted by atomic mass is 19.3. The maximum atomic E-state index is 13.3. The number of hydrogen-bond donors (Lipinski definition) is 0. The van der Waals surface area contributed by atoms with Crippen LogP contribution in [0.4, 0.5) is 13.2 Å². The highest BCUT2D eigenvalue weighted by molar-refractivity contribution is 5.93. The second-order valence-electron chi connectivity index (χ2n) is 5.08. The molecule has 0 fully saturated rings. The first-order chi connectivity index (χ1) is 11.9. The van der Waals surface area contributed by atoms with Gasteiger partial charge in [-0.15, -0.1) is 0 Å². The van der Waals surface area contributed by atoms with E-state index in [1.165, 1.54) is 17.5 Å². The summed E-state index contributed by atoms with van der Waals surface area (Å²) < 4.78 is 49.7. The van der Waals surface area contributed by atoms with Gasteiger partial charge < -0.3 is 9.47 Å². The fourth-order valence-corrected chi connectivity index (χ4v) is 2.06. The van der Waals surface area contributed by atoms with Gasteiger partial charge in [0, 0.05) is 25.3 Å². The molecule has 3 rings (SSSR count). The van der Waals surface area contributed by atoms with E-state index in [2.05, 4.69) is 10.1 Å². The average molecular weight is 351 g/mol. The van der Waals surface area contributed by atoms with Crippen LogP contribution in [0.1, 0.15) is 17.4 Å². The van der Waals surface area contributed by atoms with E-state index in [9.17, 15) is 18.0 Å². The fraction of sp³-hybridized carbons (Fsp3) is 0.188. The summed E-state index contributed by atoms with van der Waals surface area (Å²) in [6.07, 6.45) is -0.278. The lowest BCUT2D eigenvalue weighted by Gasteiger charge is -2.11. The number of rotatable bonds is 6. The number of Topliss-reactive ketones (excluding diaryl/α,β-unsaturated/α-hetero) is 1. The maximum absolute atomic E-state index is 13.3. The Morgan fingerprint density at radius 3 is 2.84 bits per heavy atom. The quantitative estimate of drug-likeness (QED) is 0.636. The number of ketones is 1. The number of nitrogens with zero attached hydrogens (tertiary/aromatic N) is 3. The summed E-state index contributed by atoms with van der Waals surface area (Å²) in [5.74, 6) is -1.03. The first-order valence-corrected chi connectivity index (χ1v) is 7.17. The third-order valence-corrected chi connectivity index (χ3v) is 3.16. The van der Waals surface area contributed by atoms with Crippen LogP contribution in [0.5, 0.6) is 17.4 Å². The summed E-state index contributed by atoms with van der Waals surface area (Å²) in [4.78, 5) is 15.1. The van der Waals surface area contributed by atoms with E-state index in [0.717, 1.165) is 12.3 Å². The van der Waals surface area contributed by atoms with Crippen molar-refractivity contribution in [2.45, 2.75) is 13.3 Å². The van der Waals surface area contributed by atoms with Crippen molar-refractivity contribution in [3.05, 3.63) is 48.2 Å². The zero-order valence-corrected chi connectivity index (χ0v) is 12.9. The molecule has 0 radical (unpaired) electrons. The molecule has 0 aliphatic heterocycles. The molecule has 0 saturated carbocycles. The minimum Gasteiger partial charge on any atom is -0.482 e. The number of alkyl halides is 2. The summed E-state index contributed by atoms with van der Waals surface area (Å²) in [6, 6.07) is 5.59. The normalized spacial score (nSPS) is 11.1. The molecule has 3 heterocycles. The van der Waals surface area contributed by atoms with Crippen LogP contribution in [0.25, 0.3) is 5.52 Å². The summed E-state index contributed by atoms with van der Waals surface area (Å²) in [7, 11) is 0. The topological polar surface area (TPSA) is 65.7 Å². The first kappa shape index (κ1) is 16.7. The van der Waals surface area contributed by atoms with E-state index in [-0.39, 0.29) is 23.1 Å². The molecule has 0 amide bonds. The monoisotopic (exact) mass is 351 g/mol. The second-order valence-corrected chi connectivity index (χ2v) is 5.08. The molecule has 0 aromatic carbocycles. The fourth-order valence-electron chi connectivity index (χ4n) is 2.06. The van der Waals surface area contributed by atoms with Crippen LogP contribution in [-0.4, -0.2) is 33.4 Å². The first-order valence-electron chi connectivity index (χ1n) is 7.17. The largest absolute Gasteiger partial charge is 0.482 e. The molecule has 0 bridgehead atoms.